The quantitative estimate of drug-likeness (QED) is 0.609. The zero-order chi connectivity index (χ0) is 14.1. The molecule has 1 unspecified atom stereocenters. The zero-order valence-electron chi connectivity index (χ0n) is 11.5. The molecule has 1 aromatic carbocycles. The SMILES string of the molecule is CCCc1cccc(CCCSCC(O)CO)c1O. The first-order valence-electron chi connectivity index (χ1n) is 6.85. The lowest BCUT2D eigenvalue weighted by Gasteiger charge is -2.10. The monoisotopic (exact) mass is 284 g/mol. The second-order valence-electron chi connectivity index (χ2n) is 4.69. The fourth-order valence-corrected chi connectivity index (χ4v) is 2.85. The van der Waals surface area contributed by atoms with Gasteiger partial charge in [-0.25, -0.2) is 0 Å². The average Bonchev–Trinajstić information content (AvgIpc) is 2.42. The Morgan fingerprint density at radius 3 is 2.53 bits per heavy atom. The van der Waals surface area contributed by atoms with E-state index >= 15 is 0 Å². The van der Waals surface area contributed by atoms with Gasteiger partial charge in [0.2, 0.25) is 0 Å². The van der Waals surface area contributed by atoms with Crippen LogP contribution in [0, 0.1) is 0 Å². The Balaban J connectivity index is 2.35. The molecule has 0 aliphatic heterocycles. The van der Waals surface area contributed by atoms with Gasteiger partial charge in [0.15, 0.2) is 0 Å². The lowest BCUT2D eigenvalue weighted by Crippen LogP contribution is -2.14. The highest BCUT2D eigenvalue weighted by atomic mass is 32.2. The molecule has 0 bridgehead atoms. The Labute approximate surface area is 119 Å². The summed E-state index contributed by atoms with van der Waals surface area (Å²) in [4.78, 5) is 0. The van der Waals surface area contributed by atoms with Crippen molar-refractivity contribution >= 4 is 11.8 Å². The lowest BCUT2D eigenvalue weighted by molar-refractivity contribution is 0.113. The molecular formula is C15H24O3S. The molecule has 1 rings (SSSR count). The molecule has 0 spiro atoms. The molecular weight excluding hydrogens is 260 g/mol. The molecule has 0 saturated carbocycles. The highest BCUT2D eigenvalue weighted by Crippen LogP contribution is 2.25. The number of rotatable bonds is 9. The van der Waals surface area contributed by atoms with Gasteiger partial charge in [-0.3, -0.25) is 0 Å². The predicted octanol–water partition coefficient (Wildman–Crippen LogP) is 2.36. The van der Waals surface area contributed by atoms with Gasteiger partial charge in [-0.1, -0.05) is 31.5 Å². The second-order valence-corrected chi connectivity index (χ2v) is 5.84. The van der Waals surface area contributed by atoms with Crippen LogP contribution in [-0.4, -0.2) is 39.5 Å². The molecule has 108 valence electrons. The second kappa shape index (κ2) is 9.23. The third-order valence-corrected chi connectivity index (χ3v) is 4.18. The highest BCUT2D eigenvalue weighted by Gasteiger charge is 2.06. The maximum absolute atomic E-state index is 10.1. The number of aromatic hydroxyl groups is 1. The van der Waals surface area contributed by atoms with Crippen LogP contribution in [0.1, 0.15) is 30.9 Å². The fraction of sp³-hybridized carbons (Fsp3) is 0.600. The molecule has 1 atom stereocenters. The van der Waals surface area contributed by atoms with Gasteiger partial charge in [-0.05, 0) is 36.1 Å². The van der Waals surface area contributed by atoms with Crippen LogP contribution >= 0.6 is 11.8 Å². The molecule has 19 heavy (non-hydrogen) atoms. The zero-order valence-corrected chi connectivity index (χ0v) is 12.3. The minimum Gasteiger partial charge on any atom is -0.507 e. The van der Waals surface area contributed by atoms with E-state index in [0.29, 0.717) is 11.5 Å². The van der Waals surface area contributed by atoms with Crippen LogP contribution in [0.4, 0.5) is 0 Å². The van der Waals surface area contributed by atoms with Gasteiger partial charge in [0.25, 0.3) is 0 Å². The van der Waals surface area contributed by atoms with Crippen LogP contribution < -0.4 is 0 Å². The van der Waals surface area contributed by atoms with Crippen LogP contribution in [0.3, 0.4) is 0 Å². The Morgan fingerprint density at radius 1 is 1.21 bits per heavy atom. The van der Waals surface area contributed by atoms with Crippen molar-refractivity contribution in [2.24, 2.45) is 0 Å². The molecule has 0 saturated heterocycles. The van der Waals surface area contributed by atoms with Crippen LogP contribution in [0.2, 0.25) is 0 Å². The van der Waals surface area contributed by atoms with Crippen LogP contribution in [0.15, 0.2) is 18.2 Å². The maximum Gasteiger partial charge on any atom is 0.121 e. The minimum atomic E-state index is -0.619. The normalized spacial score (nSPS) is 12.6. The fourth-order valence-electron chi connectivity index (χ4n) is 1.95. The summed E-state index contributed by atoms with van der Waals surface area (Å²) >= 11 is 1.63. The van der Waals surface area contributed by atoms with Gasteiger partial charge < -0.3 is 15.3 Å². The Bertz CT molecular complexity index is 368. The van der Waals surface area contributed by atoms with E-state index in [1.54, 1.807) is 11.8 Å². The molecule has 0 aliphatic rings. The molecule has 4 heteroatoms. The third kappa shape index (κ3) is 5.85. The number of benzene rings is 1. The number of aliphatic hydroxyl groups is 2. The molecule has 0 heterocycles. The number of phenols is 1. The van der Waals surface area contributed by atoms with E-state index in [1.807, 2.05) is 18.2 Å². The number of phenolic OH excluding ortho intramolecular Hbond substituents is 1. The summed E-state index contributed by atoms with van der Waals surface area (Å²) in [5.41, 5.74) is 2.04. The average molecular weight is 284 g/mol. The van der Waals surface area contributed by atoms with Crippen molar-refractivity contribution in [2.45, 2.75) is 38.7 Å². The molecule has 0 amide bonds. The third-order valence-electron chi connectivity index (χ3n) is 2.98. The van der Waals surface area contributed by atoms with E-state index in [0.717, 1.165) is 42.6 Å². The summed E-state index contributed by atoms with van der Waals surface area (Å²) in [5, 5.41) is 28.0. The van der Waals surface area contributed by atoms with Gasteiger partial charge in [0, 0.05) is 5.75 Å². The van der Waals surface area contributed by atoms with E-state index in [9.17, 15) is 10.2 Å². The highest BCUT2D eigenvalue weighted by molar-refractivity contribution is 7.99. The van der Waals surface area contributed by atoms with Crippen molar-refractivity contribution in [1.29, 1.82) is 0 Å². The topological polar surface area (TPSA) is 60.7 Å². The number of hydrogen-bond acceptors (Lipinski definition) is 4. The van der Waals surface area contributed by atoms with E-state index in [2.05, 4.69) is 6.92 Å². The lowest BCUT2D eigenvalue weighted by atomic mass is 10.0. The van der Waals surface area contributed by atoms with Crippen molar-refractivity contribution in [3.8, 4) is 5.75 Å². The maximum atomic E-state index is 10.1. The van der Waals surface area contributed by atoms with E-state index < -0.39 is 6.10 Å². The van der Waals surface area contributed by atoms with Gasteiger partial charge in [0.1, 0.15) is 5.75 Å². The molecule has 0 radical (unpaired) electrons. The molecule has 0 aliphatic carbocycles. The van der Waals surface area contributed by atoms with E-state index in [4.69, 9.17) is 5.11 Å². The van der Waals surface area contributed by atoms with E-state index in [-0.39, 0.29) is 6.61 Å². The predicted molar refractivity (Wildman–Crippen MR) is 80.8 cm³/mol. The van der Waals surface area contributed by atoms with Gasteiger partial charge >= 0.3 is 0 Å². The van der Waals surface area contributed by atoms with Crippen molar-refractivity contribution in [3.05, 3.63) is 29.3 Å². The van der Waals surface area contributed by atoms with Crippen LogP contribution in [-0.2, 0) is 12.8 Å². The van der Waals surface area contributed by atoms with Crippen LogP contribution in [0.5, 0.6) is 5.75 Å². The summed E-state index contributed by atoms with van der Waals surface area (Å²) in [6.07, 6.45) is 3.15. The minimum absolute atomic E-state index is 0.174. The van der Waals surface area contributed by atoms with Gasteiger partial charge in [-0.2, -0.15) is 11.8 Å². The molecule has 1 aromatic rings. The summed E-state index contributed by atoms with van der Waals surface area (Å²) in [5.74, 6) is 1.94. The van der Waals surface area contributed by atoms with Crippen molar-refractivity contribution in [3.63, 3.8) is 0 Å². The Hall–Kier alpha value is -0.710. The summed E-state index contributed by atoms with van der Waals surface area (Å²) in [6.45, 7) is 1.93. The van der Waals surface area contributed by atoms with Crippen molar-refractivity contribution in [1.82, 2.24) is 0 Å². The summed E-state index contributed by atoms with van der Waals surface area (Å²) in [7, 11) is 0. The first kappa shape index (κ1) is 16.3. The Kier molecular flexibility index (Phi) is 7.94. The van der Waals surface area contributed by atoms with E-state index in [1.165, 1.54) is 0 Å². The van der Waals surface area contributed by atoms with Crippen molar-refractivity contribution in [2.75, 3.05) is 18.1 Å². The van der Waals surface area contributed by atoms with Crippen molar-refractivity contribution < 1.29 is 15.3 Å². The molecule has 3 nitrogen and oxygen atoms in total. The standard InChI is InChI=1S/C15H24O3S/c1-2-5-12-6-3-7-13(15(12)18)8-4-9-19-11-14(17)10-16/h3,6-7,14,16-18H,2,4-5,8-11H2,1H3. The summed E-state index contributed by atoms with van der Waals surface area (Å²) < 4.78 is 0. The van der Waals surface area contributed by atoms with Crippen LogP contribution in [0.25, 0.3) is 0 Å². The number of aliphatic hydroxyl groups excluding tert-OH is 2. The largest absolute Gasteiger partial charge is 0.507 e. The number of thioether (sulfide) groups is 1. The van der Waals surface area contributed by atoms with Gasteiger partial charge in [-0.15, -0.1) is 0 Å². The molecule has 3 N–H and O–H groups in total. The first-order chi connectivity index (χ1) is 9.19. The number of para-hydroxylation sites is 1. The smallest absolute Gasteiger partial charge is 0.121 e. The van der Waals surface area contributed by atoms with Gasteiger partial charge in [0.05, 0.1) is 12.7 Å². The first-order valence-corrected chi connectivity index (χ1v) is 8.00. The number of hydrogen-bond donors (Lipinski definition) is 3. The number of aryl methyl sites for hydroxylation is 2. The summed E-state index contributed by atoms with van der Waals surface area (Å²) in [6, 6.07) is 5.96. The Morgan fingerprint density at radius 2 is 1.89 bits per heavy atom. The molecule has 0 aromatic heterocycles. The molecule has 0 fully saturated rings.